The van der Waals surface area contributed by atoms with Crippen LogP contribution in [-0.2, 0) is 16.1 Å². The fraction of sp³-hybridized carbons (Fsp3) is 0.462. The van der Waals surface area contributed by atoms with Crippen molar-refractivity contribution < 1.29 is 14.6 Å². The zero-order valence-electron chi connectivity index (χ0n) is 10.4. The van der Waals surface area contributed by atoms with Crippen molar-refractivity contribution in [3.8, 4) is 5.75 Å². The van der Waals surface area contributed by atoms with E-state index in [-0.39, 0.29) is 23.6 Å². The number of carbonyl (C=O) groups is 1. The molecule has 1 aliphatic rings. The summed E-state index contributed by atoms with van der Waals surface area (Å²) in [6.45, 7) is 1.18. The van der Waals surface area contributed by atoms with Gasteiger partial charge in [0, 0.05) is 25.2 Å². The molecule has 18 heavy (non-hydrogen) atoms. The lowest BCUT2D eigenvalue weighted by Gasteiger charge is -2.22. The molecule has 0 bridgehead atoms. The van der Waals surface area contributed by atoms with Crippen LogP contribution in [0.25, 0.3) is 0 Å². The smallest absolute Gasteiger partial charge is 0.229 e. The standard InChI is InChI=1S/C13H18N2O3/c1-15(6-9-4-2-3-5-12(9)16)13(17)10-7-18-8-11(10)14/h2-5,10-11,16H,6-8,14H2,1H3. The second kappa shape index (κ2) is 5.37. The van der Waals surface area contributed by atoms with Crippen LogP contribution in [0.5, 0.6) is 5.75 Å². The average molecular weight is 250 g/mol. The number of rotatable bonds is 3. The van der Waals surface area contributed by atoms with Gasteiger partial charge in [-0.05, 0) is 6.07 Å². The average Bonchev–Trinajstić information content (AvgIpc) is 2.77. The van der Waals surface area contributed by atoms with Crippen LogP contribution in [-0.4, -0.2) is 42.2 Å². The van der Waals surface area contributed by atoms with Crippen LogP contribution < -0.4 is 5.73 Å². The molecule has 1 fully saturated rings. The molecule has 98 valence electrons. The highest BCUT2D eigenvalue weighted by molar-refractivity contribution is 5.79. The second-order valence-corrected chi connectivity index (χ2v) is 4.63. The molecule has 0 saturated carbocycles. The van der Waals surface area contributed by atoms with E-state index in [1.165, 1.54) is 0 Å². The number of ether oxygens (including phenoxy) is 1. The van der Waals surface area contributed by atoms with Crippen molar-refractivity contribution in [1.82, 2.24) is 4.90 Å². The van der Waals surface area contributed by atoms with E-state index in [2.05, 4.69) is 0 Å². The SMILES string of the molecule is CN(Cc1ccccc1O)C(=O)C1COCC1N. The van der Waals surface area contributed by atoms with Gasteiger partial charge in [-0.2, -0.15) is 0 Å². The Morgan fingerprint density at radius 1 is 1.50 bits per heavy atom. The van der Waals surface area contributed by atoms with Crippen molar-refractivity contribution in [1.29, 1.82) is 0 Å². The Morgan fingerprint density at radius 3 is 2.83 bits per heavy atom. The van der Waals surface area contributed by atoms with Gasteiger partial charge < -0.3 is 20.5 Å². The highest BCUT2D eigenvalue weighted by Gasteiger charge is 2.33. The van der Waals surface area contributed by atoms with E-state index < -0.39 is 0 Å². The molecule has 0 spiro atoms. The van der Waals surface area contributed by atoms with Gasteiger partial charge in [0.1, 0.15) is 5.75 Å². The lowest BCUT2D eigenvalue weighted by Crippen LogP contribution is -2.41. The van der Waals surface area contributed by atoms with Gasteiger partial charge >= 0.3 is 0 Å². The predicted molar refractivity (Wildman–Crippen MR) is 66.9 cm³/mol. The summed E-state index contributed by atoms with van der Waals surface area (Å²) >= 11 is 0. The van der Waals surface area contributed by atoms with Crippen molar-refractivity contribution in [2.45, 2.75) is 12.6 Å². The van der Waals surface area contributed by atoms with E-state index in [0.29, 0.717) is 19.8 Å². The van der Waals surface area contributed by atoms with Gasteiger partial charge in [0.25, 0.3) is 0 Å². The summed E-state index contributed by atoms with van der Waals surface area (Å²) < 4.78 is 5.19. The van der Waals surface area contributed by atoms with Gasteiger partial charge in [-0.15, -0.1) is 0 Å². The van der Waals surface area contributed by atoms with Gasteiger partial charge in [0.05, 0.1) is 19.1 Å². The Hall–Kier alpha value is -1.59. The van der Waals surface area contributed by atoms with Crippen molar-refractivity contribution in [3.05, 3.63) is 29.8 Å². The van der Waals surface area contributed by atoms with Crippen LogP contribution in [0.2, 0.25) is 0 Å². The van der Waals surface area contributed by atoms with Crippen molar-refractivity contribution in [3.63, 3.8) is 0 Å². The Labute approximate surface area is 106 Å². The first-order chi connectivity index (χ1) is 8.59. The molecule has 5 nitrogen and oxygen atoms in total. The number of para-hydroxylation sites is 1. The Balaban J connectivity index is 2.01. The van der Waals surface area contributed by atoms with Gasteiger partial charge in [-0.1, -0.05) is 18.2 Å². The molecule has 0 aromatic heterocycles. The maximum absolute atomic E-state index is 12.2. The van der Waals surface area contributed by atoms with Crippen molar-refractivity contribution >= 4 is 5.91 Å². The van der Waals surface area contributed by atoms with E-state index in [4.69, 9.17) is 10.5 Å². The molecule has 3 N–H and O–H groups in total. The third kappa shape index (κ3) is 2.63. The zero-order chi connectivity index (χ0) is 13.1. The summed E-state index contributed by atoms with van der Waals surface area (Å²) in [4.78, 5) is 13.7. The number of phenolic OH excluding ortho intramolecular Hbond substituents is 1. The van der Waals surface area contributed by atoms with Gasteiger partial charge in [0.15, 0.2) is 0 Å². The summed E-state index contributed by atoms with van der Waals surface area (Å²) in [5, 5.41) is 9.67. The molecular weight excluding hydrogens is 232 g/mol. The lowest BCUT2D eigenvalue weighted by molar-refractivity contribution is -0.135. The third-order valence-corrected chi connectivity index (χ3v) is 3.22. The molecule has 0 aliphatic carbocycles. The number of hydrogen-bond donors (Lipinski definition) is 2. The molecule has 2 atom stereocenters. The molecule has 1 aromatic rings. The Kier molecular flexibility index (Phi) is 3.84. The molecule has 0 radical (unpaired) electrons. The van der Waals surface area contributed by atoms with Crippen LogP contribution in [0.4, 0.5) is 0 Å². The van der Waals surface area contributed by atoms with E-state index in [0.717, 1.165) is 5.56 Å². The largest absolute Gasteiger partial charge is 0.508 e. The van der Waals surface area contributed by atoms with Crippen LogP contribution in [0, 0.1) is 5.92 Å². The number of hydrogen-bond acceptors (Lipinski definition) is 4. The number of amides is 1. The molecule has 1 aromatic carbocycles. The number of phenols is 1. The van der Waals surface area contributed by atoms with E-state index in [1.807, 2.05) is 6.07 Å². The lowest BCUT2D eigenvalue weighted by atomic mass is 10.0. The first kappa shape index (κ1) is 12.9. The molecule has 1 aliphatic heterocycles. The minimum Gasteiger partial charge on any atom is -0.508 e. The van der Waals surface area contributed by atoms with Gasteiger partial charge in [-0.25, -0.2) is 0 Å². The molecule has 1 saturated heterocycles. The molecular formula is C13H18N2O3. The fourth-order valence-corrected chi connectivity index (χ4v) is 2.09. The molecule has 1 heterocycles. The first-order valence-electron chi connectivity index (χ1n) is 5.94. The zero-order valence-corrected chi connectivity index (χ0v) is 10.4. The normalized spacial score (nSPS) is 23.0. The van der Waals surface area contributed by atoms with Gasteiger partial charge in [0.2, 0.25) is 5.91 Å². The van der Waals surface area contributed by atoms with Crippen LogP contribution in [0.3, 0.4) is 0 Å². The maximum Gasteiger partial charge on any atom is 0.229 e. The molecule has 2 unspecified atom stereocenters. The number of carbonyl (C=O) groups excluding carboxylic acids is 1. The molecule has 2 rings (SSSR count). The summed E-state index contributed by atoms with van der Waals surface area (Å²) in [5.41, 5.74) is 6.54. The second-order valence-electron chi connectivity index (χ2n) is 4.63. The highest BCUT2D eigenvalue weighted by Crippen LogP contribution is 2.20. The van der Waals surface area contributed by atoms with Crippen molar-refractivity contribution in [2.75, 3.05) is 20.3 Å². The molecule has 1 amide bonds. The quantitative estimate of drug-likeness (QED) is 0.810. The van der Waals surface area contributed by atoms with E-state index in [1.54, 1.807) is 30.1 Å². The Morgan fingerprint density at radius 2 is 2.22 bits per heavy atom. The summed E-state index contributed by atoms with van der Waals surface area (Å²) in [6, 6.07) is 6.76. The highest BCUT2D eigenvalue weighted by atomic mass is 16.5. The van der Waals surface area contributed by atoms with E-state index >= 15 is 0 Å². The summed E-state index contributed by atoms with van der Waals surface area (Å²) in [5.74, 6) is -0.117. The number of nitrogens with two attached hydrogens (primary N) is 1. The number of benzene rings is 1. The minimum absolute atomic E-state index is 0.0387. The van der Waals surface area contributed by atoms with Crippen LogP contribution in [0.15, 0.2) is 24.3 Å². The van der Waals surface area contributed by atoms with Crippen LogP contribution in [0.1, 0.15) is 5.56 Å². The predicted octanol–water partition coefficient (Wildman–Crippen LogP) is 0.324. The summed E-state index contributed by atoms with van der Waals surface area (Å²) in [6.07, 6.45) is 0. The minimum atomic E-state index is -0.277. The van der Waals surface area contributed by atoms with Crippen molar-refractivity contribution in [2.24, 2.45) is 11.7 Å². The number of aromatic hydroxyl groups is 1. The van der Waals surface area contributed by atoms with Crippen LogP contribution >= 0.6 is 0 Å². The van der Waals surface area contributed by atoms with Gasteiger partial charge in [-0.3, -0.25) is 4.79 Å². The molecule has 5 heteroatoms. The number of nitrogens with zero attached hydrogens (tertiary/aromatic N) is 1. The Bertz CT molecular complexity index is 436. The van der Waals surface area contributed by atoms with E-state index in [9.17, 15) is 9.90 Å². The topological polar surface area (TPSA) is 75.8 Å². The fourth-order valence-electron chi connectivity index (χ4n) is 2.09. The first-order valence-corrected chi connectivity index (χ1v) is 5.94. The maximum atomic E-state index is 12.2. The third-order valence-electron chi connectivity index (χ3n) is 3.22. The monoisotopic (exact) mass is 250 g/mol. The summed E-state index contributed by atoms with van der Waals surface area (Å²) in [7, 11) is 1.71.